The number of likely N-dealkylation sites (N-methyl/N-ethyl adjacent to an activating group) is 1. The smallest absolute Gasteiger partial charge is 0.243 e. The summed E-state index contributed by atoms with van der Waals surface area (Å²) in [5, 5.41) is 15.8. The molecule has 1 aromatic heterocycles. The number of amides is 1. The summed E-state index contributed by atoms with van der Waals surface area (Å²) in [6, 6.07) is 14.9. The second-order valence-corrected chi connectivity index (χ2v) is 7.14. The number of rotatable bonds is 8. The van der Waals surface area contributed by atoms with Crippen molar-refractivity contribution < 1.29 is 9.53 Å². The number of nitrogens with zero attached hydrogens (tertiary/aromatic N) is 5. The molecule has 0 spiro atoms. The molecule has 0 saturated carbocycles. The van der Waals surface area contributed by atoms with Gasteiger partial charge in [-0.15, -0.1) is 10.2 Å². The van der Waals surface area contributed by atoms with Gasteiger partial charge in [0.2, 0.25) is 11.7 Å². The van der Waals surface area contributed by atoms with Crippen LogP contribution in [-0.2, 0) is 11.3 Å². The zero-order chi connectivity index (χ0) is 20.8. The third-order valence-electron chi connectivity index (χ3n) is 4.46. The molecule has 152 valence electrons. The Morgan fingerprint density at radius 2 is 1.86 bits per heavy atom. The molecule has 29 heavy (non-hydrogen) atoms. The van der Waals surface area contributed by atoms with Crippen molar-refractivity contribution in [1.29, 1.82) is 0 Å². The van der Waals surface area contributed by atoms with Crippen LogP contribution in [0.1, 0.15) is 11.6 Å². The Labute approximate surface area is 174 Å². The fourth-order valence-electron chi connectivity index (χ4n) is 2.84. The standard InChI is InChI=1S/C20H23ClN6O2/c1-26(2)18(14-6-10-17(29-3)11-7-14)12-22-19(28)13-27-24-20(23-25-27)15-4-8-16(21)9-5-15/h4-11,18H,12-13H2,1-3H3,(H,22,28). The third kappa shape index (κ3) is 5.52. The Morgan fingerprint density at radius 3 is 2.48 bits per heavy atom. The topological polar surface area (TPSA) is 85.2 Å². The molecule has 0 bridgehead atoms. The van der Waals surface area contributed by atoms with Crippen molar-refractivity contribution in [2.45, 2.75) is 12.6 Å². The number of tetrazole rings is 1. The van der Waals surface area contributed by atoms with E-state index in [1.54, 1.807) is 31.4 Å². The second-order valence-electron chi connectivity index (χ2n) is 6.71. The minimum absolute atomic E-state index is 0.0106. The van der Waals surface area contributed by atoms with Gasteiger partial charge in [0, 0.05) is 17.1 Å². The Kier molecular flexibility index (Phi) is 6.79. The summed E-state index contributed by atoms with van der Waals surface area (Å²) in [6.45, 7) is 0.445. The molecule has 2 aromatic carbocycles. The van der Waals surface area contributed by atoms with E-state index in [4.69, 9.17) is 16.3 Å². The molecule has 1 atom stereocenters. The fourth-order valence-corrected chi connectivity index (χ4v) is 2.97. The monoisotopic (exact) mass is 414 g/mol. The van der Waals surface area contributed by atoms with Gasteiger partial charge in [0.1, 0.15) is 12.3 Å². The Hall–Kier alpha value is -2.97. The molecule has 8 nitrogen and oxygen atoms in total. The highest BCUT2D eigenvalue weighted by molar-refractivity contribution is 6.30. The highest BCUT2D eigenvalue weighted by Crippen LogP contribution is 2.21. The summed E-state index contributed by atoms with van der Waals surface area (Å²) >= 11 is 5.89. The molecule has 3 aromatic rings. The lowest BCUT2D eigenvalue weighted by molar-refractivity contribution is -0.122. The van der Waals surface area contributed by atoms with Gasteiger partial charge >= 0.3 is 0 Å². The minimum Gasteiger partial charge on any atom is -0.497 e. The van der Waals surface area contributed by atoms with Crippen LogP contribution in [0, 0.1) is 0 Å². The molecule has 0 aliphatic rings. The number of benzene rings is 2. The van der Waals surface area contributed by atoms with Gasteiger partial charge in [0.25, 0.3) is 0 Å². The van der Waals surface area contributed by atoms with Crippen LogP contribution in [-0.4, -0.2) is 58.8 Å². The first-order valence-corrected chi connectivity index (χ1v) is 9.45. The predicted octanol–water partition coefficient (Wildman–Crippen LogP) is 2.42. The Bertz CT molecular complexity index is 940. The van der Waals surface area contributed by atoms with E-state index >= 15 is 0 Å². The van der Waals surface area contributed by atoms with E-state index in [1.165, 1.54) is 4.80 Å². The molecule has 1 unspecified atom stereocenters. The Balaban J connectivity index is 1.58. The second kappa shape index (κ2) is 9.49. The van der Waals surface area contributed by atoms with Gasteiger partial charge in [-0.25, -0.2) is 0 Å². The van der Waals surface area contributed by atoms with Crippen LogP contribution in [0.25, 0.3) is 11.4 Å². The van der Waals surface area contributed by atoms with Crippen molar-refractivity contribution in [1.82, 2.24) is 30.4 Å². The molecule has 0 aliphatic heterocycles. The SMILES string of the molecule is COc1ccc(C(CNC(=O)Cn2nnc(-c3ccc(Cl)cc3)n2)N(C)C)cc1. The van der Waals surface area contributed by atoms with E-state index in [-0.39, 0.29) is 18.5 Å². The van der Waals surface area contributed by atoms with Gasteiger partial charge in [-0.2, -0.15) is 4.80 Å². The summed E-state index contributed by atoms with van der Waals surface area (Å²) in [6.07, 6.45) is 0. The lowest BCUT2D eigenvalue weighted by Gasteiger charge is -2.25. The molecular formula is C20H23ClN6O2. The highest BCUT2D eigenvalue weighted by Gasteiger charge is 2.16. The predicted molar refractivity (Wildman–Crippen MR) is 111 cm³/mol. The first-order chi connectivity index (χ1) is 14.0. The normalized spacial score (nSPS) is 12.0. The van der Waals surface area contributed by atoms with E-state index in [2.05, 4.69) is 25.6 Å². The van der Waals surface area contributed by atoms with Crippen LogP contribution in [0.5, 0.6) is 5.75 Å². The summed E-state index contributed by atoms with van der Waals surface area (Å²) in [5.74, 6) is 1.05. The molecule has 0 radical (unpaired) electrons. The van der Waals surface area contributed by atoms with E-state index < -0.39 is 0 Å². The highest BCUT2D eigenvalue weighted by atomic mass is 35.5. The average Bonchev–Trinajstić information content (AvgIpc) is 3.17. The number of nitrogens with one attached hydrogen (secondary N) is 1. The Morgan fingerprint density at radius 1 is 1.17 bits per heavy atom. The fraction of sp³-hybridized carbons (Fsp3) is 0.300. The van der Waals surface area contributed by atoms with Gasteiger partial charge in [-0.1, -0.05) is 23.7 Å². The van der Waals surface area contributed by atoms with E-state index in [0.29, 0.717) is 17.4 Å². The minimum atomic E-state index is -0.189. The van der Waals surface area contributed by atoms with Gasteiger partial charge in [0.05, 0.1) is 13.2 Å². The third-order valence-corrected chi connectivity index (χ3v) is 4.71. The number of hydrogen-bond donors (Lipinski definition) is 1. The molecular weight excluding hydrogens is 392 g/mol. The number of ether oxygens (including phenoxy) is 1. The number of halogens is 1. The van der Waals surface area contributed by atoms with Crippen LogP contribution in [0.2, 0.25) is 5.02 Å². The van der Waals surface area contributed by atoms with Crippen molar-refractivity contribution >= 4 is 17.5 Å². The van der Waals surface area contributed by atoms with Crippen molar-refractivity contribution in [3.63, 3.8) is 0 Å². The zero-order valence-corrected chi connectivity index (χ0v) is 17.3. The van der Waals surface area contributed by atoms with Crippen LogP contribution in [0.15, 0.2) is 48.5 Å². The first kappa shape index (κ1) is 20.8. The number of methoxy groups -OCH3 is 1. The van der Waals surface area contributed by atoms with E-state index in [0.717, 1.165) is 16.9 Å². The van der Waals surface area contributed by atoms with Crippen molar-refractivity contribution in [2.75, 3.05) is 27.7 Å². The van der Waals surface area contributed by atoms with E-state index in [9.17, 15) is 4.79 Å². The van der Waals surface area contributed by atoms with Crippen LogP contribution >= 0.6 is 11.6 Å². The van der Waals surface area contributed by atoms with Crippen molar-refractivity contribution in [2.24, 2.45) is 0 Å². The molecule has 0 aliphatic carbocycles. The largest absolute Gasteiger partial charge is 0.497 e. The summed E-state index contributed by atoms with van der Waals surface area (Å²) < 4.78 is 5.20. The van der Waals surface area contributed by atoms with Gasteiger partial charge < -0.3 is 15.0 Å². The van der Waals surface area contributed by atoms with E-state index in [1.807, 2.05) is 38.4 Å². The first-order valence-electron chi connectivity index (χ1n) is 9.07. The number of carbonyl (C=O) groups is 1. The van der Waals surface area contributed by atoms with Crippen LogP contribution < -0.4 is 10.1 Å². The maximum Gasteiger partial charge on any atom is 0.243 e. The quantitative estimate of drug-likeness (QED) is 0.609. The number of hydrogen-bond acceptors (Lipinski definition) is 6. The van der Waals surface area contributed by atoms with Gasteiger partial charge in [-0.3, -0.25) is 4.79 Å². The number of aromatic nitrogens is 4. The molecule has 0 saturated heterocycles. The summed E-state index contributed by atoms with van der Waals surface area (Å²) in [4.78, 5) is 15.7. The van der Waals surface area contributed by atoms with Gasteiger partial charge in [0.15, 0.2) is 0 Å². The maximum absolute atomic E-state index is 12.4. The maximum atomic E-state index is 12.4. The lowest BCUT2D eigenvalue weighted by Crippen LogP contribution is -2.36. The summed E-state index contributed by atoms with van der Waals surface area (Å²) in [5.41, 5.74) is 1.87. The molecule has 9 heteroatoms. The zero-order valence-electron chi connectivity index (χ0n) is 16.5. The van der Waals surface area contributed by atoms with Crippen LogP contribution in [0.3, 0.4) is 0 Å². The molecule has 1 amide bonds. The molecule has 1 N–H and O–H groups in total. The molecule has 0 fully saturated rings. The summed E-state index contributed by atoms with van der Waals surface area (Å²) in [7, 11) is 5.58. The van der Waals surface area contributed by atoms with Crippen molar-refractivity contribution in [3.8, 4) is 17.1 Å². The van der Waals surface area contributed by atoms with Crippen LogP contribution in [0.4, 0.5) is 0 Å². The number of carbonyl (C=O) groups excluding carboxylic acids is 1. The molecule has 1 heterocycles. The average molecular weight is 415 g/mol. The molecule has 3 rings (SSSR count). The lowest BCUT2D eigenvalue weighted by atomic mass is 10.1. The van der Waals surface area contributed by atoms with Crippen molar-refractivity contribution in [3.05, 3.63) is 59.1 Å². The van der Waals surface area contributed by atoms with Gasteiger partial charge in [-0.05, 0) is 61.3 Å².